The maximum absolute atomic E-state index is 13.7. The average molecular weight is 485 g/mol. The lowest BCUT2D eigenvalue weighted by Gasteiger charge is -2.35. The summed E-state index contributed by atoms with van der Waals surface area (Å²) in [6.45, 7) is 3.37. The van der Waals surface area contributed by atoms with Crippen LogP contribution in [0.4, 0.5) is 0 Å². The SMILES string of the molecule is C[C@@H]1C=CC[C@@H]2C(=O)N(N(C(=O)c3ccc(Cl)cc3Cl)[C@@H](C)C(=O)c3ccccc3)C(=O)[C@@H]12. The zero-order valence-electron chi connectivity index (χ0n) is 18.1. The van der Waals surface area contributed by atoms with Gasteiger partial charge in [-0.05, 0) is 37.5 Å². The van der Waals surface area contributed by atoms with Gasteiger partial charge in [0.15, 0.2) is 5.78 Å². The topological polar surface area (TPSA) is 74.8 Å². The second kappa shape index (κ2) is 9.12. The van der Waals surface area contributed by atoms with Gasteiger partial charge in [-0.3, -0.25) is 19.2 Å². The van der Waals surface area contributed by atoms with Gasteiger partial charge >= 0.3 is 0 Å². The molecule has 0 spiro atoms. The maximum Gasteiger partial charge on any atom is 0.275 e. The lowest BCUT2D eigenvalue weighted by molar-refractivity contribution is -0.156. The molecule has 1 saturated heterocycles. The minimum absolute atomic E-state index is 0.0374. The molecule has 0 saturated carbocycles. The number of amides is 3. The number of carbonyl (C=O) groups excluding carboxylic acids is 4. The van der Waals surface area contributed by atoms with Gasteiger partial charge in [-0.1, -0.05) is 72.6 Å². The molecular formula is C25H22Cl2N2O4. The third-order valence-corrected chi connectivity index (χ3v) is 6.79. The molecule has 170 valence electrons. The third kappa shape index (κ3) is 4.09. The van der Waals surface area contributed by atoms with E-state index in [1.165, 1.54) is 25.1 Å². The highest BCUT2D eigenvalue weighted by molar-refractivity contribution is 6.36. The van der Waals surface area contributed by atoms with Crippen molar-refractivity contribution in [3.8, 4) is 0 Å². The van der Waals surface area contributed by atoms with Gasteiger partial charge in [-0.15, -0.1) is 0 Å². The van der Waals surface area contributed by atoms with E-state index in [1.807, 2.05) is 19.1 Å². The smallest absolute Gasteiger partial charge is 0.275 e. The Morgan fingerprint density at radius 2 is 1.76 bits per heavy atom. The van der Waals surface area contributed by atoms with E-state index in [-0.39, 0.29) is 16.5 Å². The van der Waals surface area contributed by atoms with Crippen LogP contribution in [0.15, 0.2) is 60.7 Å². The molecule has 0 aromatic heterocycles. The molecule has 0 N–H and O–H groups in total. The minimum atomic E-state index is -1.14. The molecule has 1 fully saturated rings. The first kappa shape index (κ1) is 23.2. The van der Waals surface area contributed by atoms with Gasteiger partial charge < -0.3 is 0 Å². The molecule has 1 aliphatic heterocycles. The van der Waals surface area contributed by atoms with Gasteiger partial charge in [0.2, 0.25) is 0 Å². The van der Waals surface area contributed by atoms with Crippen molar-refractivity contribution in [1.82, 2.24) is 10.0 Å². The third-order valence-electron chi connectivity index (χ3n) is 6.24. The lowest BCUT2D eigenvalue weighted by atomic mass is 9.78. The number of halogens is 2. The number of Topliss-reactive ketones (excluding diaryl/α,β-unsaturated/α-hetero) is 1. The summed E-state index contributed by atoms with van der Waals surface area (Å²) in [4.78, 5) is 53.8. The van der Waals surface area contributed by atoms with Crippen LogP contribution in [-0.2, 0) is 9.59 Å². The van der Waals surface area contributed by atoms with Crippen molar-refractivity contribution in [3.05, 3.63) is 81.9 Å². The molecule has 0 bridgehead atoms. The summed E-state index contributed by atoms with van der Waals surface area (Å²) in [6, 6.07) is 11.6. The summed E-state index contributed by atoms with van der Waals surface area (Å²) in [5.41, 5.74) is 0.395. The molecule has 33 heavy (non-hydrogen) atoms. The highest BCUT2D eigenvalue weighted by atomic mass is 35.5. The van der Waals surface area contributed by atoms with Crippen LogP contribution < -0.4 is 0 Å². The van der Waals surface area contributed by atoms with E-state index in [0.29, 0.717) is 17.0 Å². The van der Waals surface area contributed by atoms with Crippen LogP contribution in [0.2, 0.25) is 10.0 Å². The predicted molar refractivity (Wildman–Crippen MR) is 125 cm³/mol. The monoisotopic (exact) mass is 484 g/mol. The van der Waals surface area contributed by atoms with Gasteiger partial charge in [0.05, 0.1) is 22.4 Å². The normalized spacial score (nSPS) is 22.8. The zero-order valence-corrected chi connectivity index (χ0v) is 19.6. The van der Waals surface area contributed by atoms with Crippen molar-refractivity contribution < 1.29 is 19.2 Å². The maximum atomic E-state index is 13.7. The second-order valence-electron chi connectivity index (χ2n) is 8.32. The first-order valence-corrected chi connectivity index (χ1v) is 11.4. The van der Waals surface area contributed by atoms with Crippen LogP contribution in [-0.4, -0.2) is 39.6 Å². The molecule has 0 radical (unpaired) electrons. The first-order valence-electron chi connectivity index (χ1n) is 10.6. The van der Waals surface area contributed by atoms with Gasteiger partial charge in [-0.25, -0.2) is 5.01 Å². The van der Waals surface area contributed by atoms with Gasteiger partial charge in [-0.2, -0.15) is 5.01 Å². The molecule has 6 nitrogen and oxygen atoms in total. The van der Waals surface area contributed by atoms with Gasteiger partial charge in [0.1, 0.15) is 6.04 Å². The number of benzene rings is 2. The summed E-state index contributed by atoms with van der Waals surface area (Å²) < 4.78 is 0. The number of fused-ring (bicyclic) bond motifs is 1. The molecule has 2 aromatic carbocycles. The summed E-state index contributed by atoms with van der Waals surface area (Å²) in [5.74, 6) is -3.45. The molecule has 4 rings (SSSR count). The predicted octanol–water partition coefficient (Wildman–Crippen LogP) is 4.82. The van der Waals surface area contributed by atoms with Crippen LogP contribution >= 0.6 is 23.2 Å². The highest BCUT2D eigenvalue weighted by Gasteiger charge is 2.54. The van der Waals surface area contributed by atoms with Crippen molar-refractivity contribution in [1.29, 1.82) is 0 Å². The standard InChI is InChI=1S/C25H22Cl2N2O4/c1-14-7-6-10-19-21(14)25(33)29(24(19)32)28(15(2)22(30)16-8-4-3-5-9-16)23(31)18-12-11-17(26)13-20(18)27/h3-9,11-15,19,21H,10H2,1-2H3/t14-,15+,19+,21+/m1/s1. The molecule has 2 aliphatic rings. The van der Waals surface area contributed by atoms with Crippen molar-refractivity contribution in [2.75, 3.05) is 0 Å². The van der Waals surface area contributed by atoms with Crippen molar-refractivity contribution in [2.45, 2.75) is 26.3 Å². The minimum Gasteiger partial charge on any atom is -0.292 e. The summed E-state index contributed by atoms with van der Waals surface area (Å²) >= 11 is 12.3. The summed E-state index contributed by atoms with van der Waals surface area (Å²) in [5, 5.41) is 2.21. The summed E-state index contributed by atoms with van der Waals surface area (Å²) in [6.07, 6.45) is 4.18. The van der Waals surface area contributed by atoms with E-state index < -0.39 is 41.4 Å². The molecule has 1 heterocycles. The Morgan fingerprint density at radius 1 is 1.06 bits per heavy atom. The highest BCUT2D eigenvalue weighted by Crippen LogP contribution is 2.40. The van der Waals surface area contributed by atoms with Crippen LogP contribution in [0, 0.1) is 17.8 Å². The van der Waals surface area contributed by atoms with E-state index in [4.69, 9.17) is 23.2 Å². The number of allylic oxidation sites excluding steroid dienone is 2. The van der Waals surface area contributed by atoms with E-state index in [9.17, 15) is 19.2 Å². The molecule has 0 unspecified atom stereocenters. The Bertz CT molecular complexity index is 1160. The first-order chi connectivity index (χ1) is 15.7. The van der Waals surface area contributed by atoms with Crippen LogP contribution in [0.5, 0.6) is 0 Å². The van der Waals surface area contributed by atoms with E-state index in [1.54, 1.807) is 30.3 Å². The Hall–Kier alpha value is -2.96. The number of imide groups is 1. The number of carbonyl (C=O) groups is 4. The number of ketones is 1. The number of rotatable bonds is 5. The van der Waals surface area contributed by atoms with E-state index >= 15 is 0 Å². The molecule has 3 amide bonds. The van der Waals surface area contributed by atoms with Crippen molar-refractivity contribution in [3.63, 3.8) is 0 Å². The fourth-order valence-corrected chi connectivity index (χ4v) is 5.01. The Balaban J connectivity index is 1.79. The lowest BCUT2D eigenvalue weighted by Crippen LogP contribution is -2.56. The number of hydrogen-bond donors (Lipinski definition) is 0. The Labute approximate surface area is 201 Å². The van der Waals surface area contributed by atoms with Crippen LogP contribution in [0.1, 0.15) is 41.0 Å². The largest absolute Gasteiger partial charge is 0.292 e. The zero-order chi connectivity index (χ0) is 23.9. The van der Waals surface area contributed by atoms with Crippen molar-refractivity contribution >= 4 is 46.7 Å². The number of nitrogens with zero attached hydrogens (tertiary/aromatic N) is 2. The summed E-state index contributed by atoms with van der Waals surface area (Å²) in [7, 11) is 0. The fourth-order valence-electron chi connectivity index (χ4n) is 4.52. The molecule has 2 aromatic rings. The molecule has 1 aliphatic carbocycles. The van der Waals surface area contributed by atoms with E-state index in [0.717, 1.165) is 10.0 Å². The Morgan fingerprint density at radius 3 is 2.39 bits per heavy atom. The molecule has 8 heteroatoms. The Kier molecular flexibility index (Phi) is 6.41. The fraction of sp³-hybridized carbons (Fsp3) is 0.280. The quantitative estimate of drug-likeness (QED) is 0.346. The van der Waals surface area contributed by atoms with E-state index in [2.05, 4.69) is 0 Å². The average Bonchev–Trinajstić information content (AvgIpc) is 3.05. The molecule has 4 atom stereocenters. The number of hydrogen-bond acceptors (Lipinski definition) is 4. The number of hydrazine groups is 1. The van der Waals surface area contributed by atoms with Gasteiger partial charge in [0.25, 0.3) is 17.7 Å². The van der Waals surface area contributed by atoms with Crippen molar-refractivity contribution in [2.24, 2.45) is 17.8 Å². The van der Waals surface area contributed by atoms with Crippen LogP contribution in [0.3, 0.4) is 0 Å². The van der Waals surface area contributed by atoms with Crippen LogP contribution in [0.25, 0.3) is 0 Å². The second-order valence-corrected chi connectivity index (χ2v) is 9.17. The van der Waals surface area contributed by atoms with Gasteiger partial charge in [0, 0.05) is 10.6 Å². The molecular weight excluding hydrogens is 463 g/mol.